The molecule has 0 unspecified atom stereocenters. The van der Waals surface area contributed by atoms with Gasteiger partial charge in [0, 0.05) is 24.8 Å². The fraction of sp³-hybridized carbons (Fsp3) is 0.250. The third-order valence-corrected chi connectivity index (χ3v) is 8.64. The highest BCUT2D eigenvalue weighted by molar-refractivity contribution is 8.02. The number of anilines is 2. The molecule has 27 heavy (non-hydrogen) atoms. The summed E-state index contributed by atoms with van der Waals surface area (Å²) in [4.78, 5) is 26.0. The summed E-state index contributed by atoms with van der Waals surface area (Å²) in [6.45, 7) is -0.201. The third-order valence-electron chi connectivity index (χ3n) is 3.74. The molecule has 1 N–H and O–H groups in total. The summed E-state index contributed by atoms with van der Waals surface area (Å²) in [5.41, 5.74) is 1.01. The summed E-state index contributed by atoms with van der Waals surface area (Å²) in [6.07, 6.45) is 0. The molecule has 2 amide bonds. The molecular weight excluding hydrogens is 430 g/mol. The van der Waals surface area contributed by atoms with Crippen molar-refractivity contribution >= 4 is 67.9 Å². The second-order valence-electron chi connectivity index (χ2n) is 5.85. The standard InChI is InChI=1S/C16H16ClN3O4S3/c1-19(2)27(23,24)15-7-12-16(26-15)25-9-14(22)20(12)8-13(21)18-11-5-3-10(17)4-6-11/h3-7H,8-9H2,1-2H3,(H,18,21). The summed E-state index contributed by atoms with van der Waals surface area (Å²) >= 11 is 8.20. The topological polar surface area (TPSA) is 86.8 Å². The highest BCUT2D eigenvalue weighted by atomic mass is 35.5. The van der Waals surface area contributed by atoms with Gasteiger partial charge in [-0.3, -0.25) is 9.59 Å². The first-order chi connectivity index (χ1) is 12.7. The number of rotatable bonds is 5. The van der Waals surface area contributed by atoms with Gasteiger partial charge in [0.15, 0.2) is 0 Å². The van der Waals surface area contributed by atoms with Crippen molar-refractivity contribution in [2.45, 2.75) is 8.42 Å². The molecule has 2 aromatic rings. The number of thioether (sulfide) groups is 1. The lowest BCUT2D eigenvalue weighted by molar-refractivity contribution is -0.120. The molecule has 3 rings (SSSR count). The zero-order valence-electron chi connectivity index (χ0n) is 14.4. The lowest BCUT2D eigenvalue weighted by Gasteiger charge is -2.25. The van der Waals surface area contributed by atoms with Crippen molar-refractivity contribution in [2.75, 3.05) is 36.6 Å². The van der Waals surface area contributed by atoms with Crippen molar-refractivity contribution in [1.82, 2.24) is 4.31 Å². The molecule has 0 saturated heterocycles. The number of hydrogen-bond acceptors (Lipinski definition) is 6. The number of carbonyl (C=O) groups excluding carboxylic acids is 2. The van der Waals surface area contributed by atoms with E-state index >= 15 is 0 Å². The second-order valence-corrected chi connectivity index (χ2v) is 11.0. The Bertz CT molecular complexity index is 987. The molecule has 1 aromatic carbocycles. The summed E-state index contributed by atoms with van der Waals surface area (Å²) < 4.78 is 26.7. The summed E-state index contributed by atoms with van der Waals surface area (Å²) in [5, 5.41) is 3.25. The van der Waals surface area contributed by atoms with Crippen LogP contribution in [0.5, 0.6) is 0 Å². The number of carbonyl (C=O) groups is 2. The minimum Gasteiger partial charge on any atom is -0.325 e. The van der Waals surface area contributed by atoms with Crippen LogP contribution >= 0.6 is 34.7 Å². The van der Waals surface area contributed by atoms with Crippen molar-refractivity contribution in [2.24, 2.45) is 0 Å². The van der Waals surface area contributed by atoms with Crippen LogP contribution in [0, 0.1) is 0 Å². The molecule has 0 fully saturated rings. The Morgan fingerprint density at radius 2 is 1.96 bits per heavy atom. The van der Waals surface area contributed by atoms with Gasteiger partial charge in [-0.05, 0) is 30.3 Å². The maximum absolute atomic E-state index is 12.4. The van der Waals surface area contributed by atoms with Gasteiger partial charge in [-0.15, -0.1) is 23.1 Å². The Kier molecular flexibility index (Phi) is 5.82. The lowest BCUT2D eigenvalue weighted by Crippen LogP contribution is -2.40. The van der Waals surface area contributed by atoms with Crippen LogP contribution in [-0.4, -0.2) is 50.9 Å². The van der Waals surface area contributed by atoms with E-state index in [0.717, 1.165) is 15.6 Å². The van der Waals surface area contributed by atoms with Gasteiger partial charge in [0.1, 0.15) is 10.8 Å². The molecule has 0 spiro atoms. The van der Waals surface area contributed by atoms with Crippen molar-refractivity contribution in [3.63, 3.8) is 0 Å². The molecule has 1 aliphatic rings. The van der Waals surface area contributed by atoms with E-state index in [0.29, 0.717) is 20.6 Å². The van der Waals surface area contributed by atoms with Crippen LogP contribution in [0.2, 0.25) is 5.02 Å². The quantitative estimate of drug-likeness (QED) is 0.764. The van der Waals surface area contributed by atoms with E-state index in [1.807, 2.05) is 0 Å². The van der Waals surface area contributed by atoms with Crippen LogP contribution in [-0.2, 0) is 19.6 Å². The number of halogens is 1. The van der Waals surface area contributed by atoms with Crippen LogP contribution in [0.15, 0.2) is 38.8 Å². The van der Waals surface area contributed by atoms with Gasteiger partial charge in [-0.2, -0.15) is 0 Å². The average Bonchev–Trinajstić information content (AvgIpc) is 3.05. The number of amides is 2. The van der Waals surface area contributed by atoms with E-state index in [-0.39, 0.29) is 28.3 Å². The number of nitrogens with one attached hydrogen (secondary N) is 1. The van der Waals surface area contributed by atoms with Crippen LogP contribution in [0.4, 0.5) is 11.4 Å². The Morgan fingerprint density at radius 1 is 1.30 bits per heavy atom. The van der Waals surface area contributed by atoms with Gasteiger partial charge >= 0.3 is 0 Å². The average molecular weight is 446 g/mol. The third kappa shape index (κ3) is 4.30. The molecule has 0 aliphatic carbocycles. The first-order valence-electron chi connectivity index (χ1n) is 7.73. The minimum absolute atomic E-state index is 0.141. The number of thiophene rings is 1. The number of benzene rings is 1. The Labute approximate surface area is 170 Å². The fourth-order valence-corrected chi connectivity index (χ4v) is 6.39. The van der Waals surface area contributed by atoms with E-state index in [1.165, 1.54) is 36.8 Å². The molecule has 0 saturated carbocycles. The molecule has 11 heteroatoms. The number of sulfonamides is 1. The van der Waals surface area contributed by atoms with Gasteiger partial charge in [0.05, 0.1) is 15.6 Å². The molecule has 1 aliphatic heterocycles. The van der Waals surface area contributed by atoms with E-state index in [4.69, 9.17) is 11.6 Å². The molecule has 0 radical (unpaired) electrons. The van der Waals surface area contributed by atoms with Gasteiger partial charge < -0.3 is 10.2 Å². The van der Waals surface area contributed by atoms with E-state index in [1.54, 1.807) is 24.3 Å². The van der Waals surface area contributed by atoms with Crippen molar-refractivity contribution in [3.05, 3.63) is 35.4 Å². The zero-order valence-corrected chi connectivity index (χ0v) is 17.6. The summed E-state index contributed by atoms with van der Waals surface area (Å²) in [7, 11) is -0.709. The first kappa shape index (κ1) is 20.2. The zero-order chi connectivity index (χ0) is 19.8. The summed E-state index contributed by atoms with van der Waals surface area (Å²) in [5.74, 6) is -0.472. The maximum atomic E-state index is 12.4. The molecule has 0 bridgehead atoms. The van der Waals surface area contributed by atoms with Crippen LogP contribution in [0.1, 0.15) is 0 Å². The maximum Gasteiger partial charge on any atom is 0.252 e. The van der Waals surface area contributed by atoms with Crippen molar-refractivity contribution in [3.8, 4) is 0 Å². The fourth-order valence-electron chi connectivity index (χ4n) is 2.33. The predicted molar refractivity (Wildman–Crippen MR) is 108 cm³/mol. The number of fused-ring (bicyclic) bond motifs is 1. The van der Waals surface area contributed by atoms with Crippen LogP contribution in [0.3, 0.4) is 0 Å². The van der Waals surface area contributed by atoms with Gasteiger partial charge in [0.2, 0.25) is 11.8 Å². The monoisotopic (exact) mass is 445 g/mol. The molecule has 0 atom stereocenters. The van der Waals surface area contributed by atoms with Gasteiger partial charge in [-0.1, -0.05) is 11.6 Å². The van der Waals surface area contributed by atoms with Crippen LogP contribution < -0.4 is 10.2 Å². The Hall–Kier alpha value is -1.59. The summed E-state index contributed by atoms with van der Waals surface area (Å²) in [6, 6.07) is 8.07. The predicted octanol–water partition coefficient (Wildman–Crippen LogP) is 2.73. The second kappa shape index (κ2) is 7.80. The highest BCUT2D eigenvalue weighted by Crippen LogP contribution is 2.44. The SMILES string of the molecule is CN(C)S(=O)(=O)c1cc2c(s1)SCC(=O)N2CC(=O)Nc1ccc(Cl)cc1. The van der Waals surface area contributed by atoms with E-state index in [9.17, 15) is 18.0 Å². The largest absolute Gasteiger partial charge is 0.325 e. The van der Waals surface area contributed by atoms with Gasteiger partial charge in [-0.25, -0.2) is 12.7 Å². The Morgan fingerprint density at radius 3 is 2.59 bits per heavy atom. The van der Waals surface area contributed by atoms with Crippen molar-refractivity contribution in [1.29, 1.82) is 0 Å². The molecule has 144 valence electrons. The minimum atomic E-state index is -3.61. The van der Waals surface area contributed by atoms with Gasteiger partial charge in [0.25, 0.3) is 10.0 Å². The first-order valence-corrected chi connectivity index (χ1v) is 11.4. The number of hydrogen-bond donors (Lipinski definition) is 1. The van der Waals surface area contributed by atoms with Crippen molar-refractivity contribution < 1.29 is 18.0 Å². The molecule has 7 nitrogen and oxygen atoms in total. The number of nitrogens with zero attached hydrogens (tertiary/aromatic N) is 2. The van der Waals surface area contributed by atoms with Crippen LogP contribution in [0.25, 0.3) is 0 Å². The van der Waals surface area contributed by atoms with E-state index < -0.39 is 10.0 Å². The molecule has 2 heterocycles. The Balaban J connectivity index is 1.82. The normalized spacial score (nSPS) is 14.4. The van der Waals surface area contributed by atoms with E-state index in [2.05, 4.69) is 5.32 Å². The lowest BCUT2D eigenvalue weighted by atomic mass is 10.3. The molecule has 1 aromatic heterocycles. The molecular formula is C16H16ClN3O4S3. The smallest absolute Gasteiger partial charge is 0.252 e. The highest BCUT2D eigenvalue weighted by Gasteiger charge is 2.32.